The third-order valence-corrected chi connectivity index (χ3v) is 5.29. The molecule has 0 N–H and O–H groups in total. The molecule has 0 aromatic carbocycles. The molecule has 0 aliphatic carbocycles. The van der Waals surface area contributed by atoms with E-state index in [2.05, 4.69) is 20.8 Å². The van der Waals surface area contributed by atoms with Gasteiger partial charge in [-0.15, -0.1) is 0 Å². The molecule has 0 saturated carbocycles. The lowest BCUT2D eigenvalue weighted by Gasteiger charge is -2.27. The second kappa shape index (κ2) is 11.1. The number of hydrogen-bond acceptors (Lipinski definition) is 2. The van der Waals surface area contributed by atoms with E-state index in [1.807, 2.05) is 6.92 Å². The maximum atomic E-state index is 11.5. The summed E-state index contributed by atoms with van der Waals surface area (Å²) in [5.74, 6) is 0.109. The molecule has 0 radical (unpaired) electrons. The number of carbonyl (C=O) groups is 1. The average molecular weight is 325 g/mol. The molecular formula is C21H40O2. The Balaban J connectivity index is 1.98. The zero-order valence-corrected chi connectivity index (χ0v) is 16.2. The highest BCUT2D eigenvalue weighted by Gasteiger charge is 2.34. The van der Waals surface area contributed by atoms with Gasteiger partial charge in [-0.1, -0.05) is 91.9 Å². The maximum Gasteiger partial charge on any atom is 0.309 e. The molecule has 1 rings (SSSR count). The Morgan fingerprint density at radius 2 is 1.48 bits per heavy atom. The Labute approximate surface area is 144 Å². The number of esters is 1. The van der Waals surface area contributed by atoms with Crippen LogP contribution in [-0.2, 0) is 9.53 Å². The largest absolute Gasteiger partial charge is 0.462 e. The molecule has 23 heavy (non-hydrogen) atoms. The van der Waals surface area contributed by atoms with Crippen LogP contribution in [0.3, 0.4) is 0 Å². The molecule has 0 aromatic rings. The number of cyclic esters (lactones) is 1. The van der Waals surface area contributed by atoms with E-state index in [1.165, 1.54) is 70.6 Å². The van der Waals surface area contributed by atoms with Gasteiger partial charge in [0, 0.05) is 0 Å². The van der Waals surface area contributed by atoms with Gasteiger partial charge in [0.2, 0.25) is 0 Å². The van der Waals surface area contributed by atoms with Gasteiger partial charge in [0.15, 0.2) is 0 Å². The molecule has 136 valence electrons. The molecular weight excluding hydrogens is 284 g/mol. The summed E-state index contributed by atoms with van der Waals surface area (Å²) < 4.78 is 5.47. The lowest BCUT2D eigenvalue weighted by atomic mass is 9.80. The predicted molar refractivity (Wildman–Crippen MR) is 98.5 cm³/mol. The van der Waals surface area contributed by atoms with Crippen LogP contribution in [0.4, 0.5) is 0 Å². The normalized spacial score (nSPS) is 21.7. The van der Waals surface area contributed by atoms with Crippen molar-refractivity contribution in [2.75, 3.05) is 0 Å². The Bertz CT molecular complexity index is 322. The van der Waals surface area contributed by atoms with Crippen molar-refractivity contribution in [3.63, 3.8) is 0 Å². The molecule has 0 spiro atoms. The first-order chi connectivity index (χ1) is 10.9. The molecule has 2 unspecified atom stereocenters. The Morgan fingerprint density at radius 3 is 1.96 bits per heavy atom. The first-order valence-corrected chi connectivity index (χ1v) is 10.1. The Hall–Kier alpha value is -0.530. The molecule has 1 heterocycles. The van der Waals surface area contributed by atoms with Gasteiger partial charge in [-0.05, 0) is 24.7 Å². The van der Waals surface area contributed by atoms with Crippen LogP contribution in [0.25, 0.3) is 0 Å². The fourth-order valence-electron chi connectivity index (χ4n) is 3.75. The number of unbranched alkanes of at least 4 members (excludes halogenated alkanes) is 9. The van der Waals surface area contributed by atoms with Crippen molar-refractivity contribution < 1.29 is 9.53 Å². The smallest absolute Gasteiger partial charge is 0.309 e. The fourth-order valence-corrected chi connectivity index (χ4v) is 3.75. The van der Waals surface area contributed by atoms with Crippen LogP contribution in [-0.4, -0.2) is 12.1 Å². The second-order valence-electron chi connectivity index (χ2n) is 8.50. The topological polar surface area (TPSA) is 26.3 Å². The van der Waals surface area contributed by atoms with Crippen molar-refractivity contribution in [3.8, 4) is 0 Å². The third kappa shape index (κ3) is 9.37. The molecule has 1 aliphatic rings. The van der Waals surface area contributed by atoms with Crippen molar-refractivity contribution in [2.45, 2.75) is 117 Å². The molecule has 1 aliphatic heterocycles. The molecule has 2 nitrogen and oxygen atoms in total. The van der Waals surface area contributed by atoms with Crippen LogP contribution in [0, 0.1) is 11.3 Å². The van der Waals surface area contributed by atoms with E-state index in [0.29, 0.717) is 5.41 Å². The van der Waals surface area contributed by atoms with E-state index in [-0.39, 0.29) is 18.0 Å². The number of hydrogen-bond donors (Lipinski definition) is 0. The minimum absolute atomic E-state index is 0.00439. The van der Waals surface area contributed by atoms with E-state index in [4.69, 9.17) is 4.74 Å². The minimum Gasteiger partial charge on any atom is -0.462 e. The average Bonchev–Trinajstić information content (AvgIpc) is 2.78. The number of rotatable bonds is 13. The summed E-state index contributed by atoms with van der Waals surface area (Å²) in [6.45, 7) is 8.92. The molecule has 2 heteroatoms. The second-order valence-corrected chi connectivity index (χ2v) is 8.50. The molecule has 2 atom stereocenters. The van der Waals surface area contributed by atoms with Crippen molar-refractivity contribution in [1.29, 1.82) is 0 Å². The van der Waals surface area contributed by atoms with E-state index in [0.717, 1.165) is 12.8 Å². The van der Waals surface area contributed by atoms with Crippen LogP contribution in [0.1, 0.15) is 111 Å². The standard InChI is InChI=1S/C21H40O2/c1-5-6-7-8-9-10-11-12-13-14-15-21(3,4)17-19-16-18(2)20(22)23-19/h18-19H,5-17H2,1-4H3. The zero-order chi connectivity index (χ0) is 17.1. The summed E-state index contributed by atoms with van der Waals surface area (Å²) in [4.78, 5) is 11.5. The summed E-state index contributed by atoms with van der Waals surface area (Å²) in [7, 11) is 0. The summed E-state index contributed by atoms with van der Waals surface area (Å²) >= 11 is 0. The number of carbonyl (C=O) groups excluding carboxylic acids is 1. The molecule has 0 amide bonds. The summed E-state index contributed by atoms with van der Waals surface area (Å²) in [6.07, 6.45) is 17.3. The molecule has 1 fully saturated rings. The van der Waals surface area contributed by atoms with Crippen LogP contribution >= 0.6 is 0 Å². The van der Waals surface area contributed by atoms with Gasteiger partial charge in [0.25, 0.3) is 0 Å². The van der Waals surface area contributed by atoms with Crippen LogP contribution in [0.5, 0.6) is 0 Å². The van der Waals surface area contributed by atoms with Gasteiger partial charge in [-0.3, -0.25) is 4.79 Å². The quantitative estimate of drug-likeness (QED) is 0.279. The monoisotopic (exact) mass is 324 g/mol. The van der Waals surface area contributed by atoms with Crippen molar-refractivity contribution in [2.24, 2.45) is 11.3 Å². The van der Waals surface area contributed by atoms with Crippen molar-refractivity contribution >= 4 is 5.97 Å². The predicted octanol–water partition coefficient (Wildman–Crippen LogP) is 6.67. The first kappa shape index (κ1) is 20.5. The highest BCUT2D eigenvalue weighted by Crippen LogP contribution is 2.35. The molecule has 0 aromatic heterocycles. The van der Waals surface area contributed by atoms with Gasteiger partial charge < -0.3 is 4.74 Å². The maximum absolute atomic E-state index is 11.5. The van der Waals surface area contributed by atoms with Gasteiger partial charge >= 0.3 is 5.97 Å². The lowest BCUT2D eigenvalue weighted by Crippen LogP contribution is -2.20. The summed E-state index contributed by atoms with van der Waals surface area (Å²) in [6, 6.07) is 0. The minimum atomic E-state index is 0.00439. The number of ether oxygens (including phenoxy) is 1. The summed E-state index contributed by atoms with van der Waals surface area (Å²) in [5.41, 5.74) is 0.301. The van der Waals surface area contributed by atoms with Gasteiger partial charge in [-0.25, -0.2) is 0 Å². The van der Waals surface area contributed by atoms with E-state index in [1.54, 1.807) is 0 Å². The van der Waals surface area contributed by atoms with E-state index < -0.39 is 0 Å². The molecule has 1 saturated heterocycles. The first-order valence-electron chi connectivity index (χ1n) is 10.1. The van der Waals surface area contributed by atoms with Gasteiger partial charge in [0.1, 0.15) is 6.10 Å². The van der Waals surface area contributed by atoms with Crippen LogP contribution in [0.2, 0.25) is 0 Å². The van der Waals surface area contributed by atoms with Crippen LogP contribution in [0.15, 0.2) is 0 Å². The lowest BCUT2D eigenvalue weighted by molar-refractivity contribution is -0.144. The highest BCUT2D eigenvalue weighted by molar-refractivity contribution is 5.74. The SMILES string of the molecule is CCCCCCCCCCCCC(C)(C)CC1CC(C)C(=O)O1. The van der Waals surface area contributed by atoms with Crippen molar-refractivity contribution in [1.82, 2.24) is 0 Å². The van der Waals surface area contributed by atoms with E-state index >= 15 is 0 Å². The Kier molecular flexibility index (Phi) is 9.90. The van der Waals surface area contributed by atoms with Gasteiger partial charge in [0.05, 0.1) is 5.92 Å². The zero-order valence-electron chi connectivity index (χ0n) is 16.2. The Morgan fingerprint density at radius 1 is 0.957 bits per heavy atom. The van der Waals surface area contributed by atoms with Crippen LogP contribution < -0.4 is 0 Å². The van der Waals surface area contributed by atoms with Gasteiger partial charge in [-0.2, -0.15) is 0 Å². The highest BCUT2D eigenvalue weighted by atomic mass is 16.5. The van der Waals surface area contributed by atoms with E-state index in [9.17, 15) is 4.79 Å². The third-order valence-electron chi connectivity index (χ3n) is 5.29. The summed E-state index contributed by atoms with van der Waals surface area (Å²) in [5, 5.41) is 0. The molecule has 0 bridgehead atoms. The fraction of sp³-hybridized carbons (Fsp3) is 0.952. The van der Waals surface area contributed by atoms with Crippen molar-refractivity contribution in [3.05, 3.63) is 0 Å².